The van der Waals surface area contributed by atoms with E-state index < -0.39 is 36.0 Å². The fourth-order valence-corrected chi connectivity index (χ4v) is 1.64. The zero-order valence-corrected chi connectivity index (χ0v) is 11.8. The Morgan fingerprint density at radius 1 is 1.38 bits per heavy atom. The maximum atomic E-state index is 13.3. The van der Waals surface area contributed by atoms with Gasteiger partial charge in [0.05, 0.1) is 5.92 Å². The number of benzene rings is 1. The summed E-state index contributed by atoms with van der Waals surface area (Å²) in [6.07, 6.45) is 0. The second-order valence-electron chi connectivity index (χ2n) is 4.54. The predicted molar refractivity (Wildman–Crippen MR) is 70.9 cm³/mol. The van der Waals surface area contributed by atoms with Crippen molar-refractivity contribution in [2.45, 2.75) is 13.8 Å². The van der Waals surface area contributed by atoms with Gasteiger partial charge in [0.25, 0.3) is 5.91 Å². The fraction of sp³-hybridized carbons (Fsp3) is 0.429. The fourth-order valence-electron chi connectivity index (χ4n) is 1.64. The van der Waals surface area contributed by atoms with E-state index in [1.165, 1.54) is 11.8 Å². The molecule has 0 bridgehead atoms. The number of halogens is 2. The number of amides is 1. The molecule has 1 unspecified atom stereocenters. The Labute approximate surface area is 121 Å². The van der Waals surface area contributed by atoms with E-state index in [2.05, 4.69) is 0 Å². The van der Waals surface area contributed by atoms with Gasteiger partial charge in [-0.3, -0.25) is 9.59 Å². The molecule has 7 heteroatoms. The van der Waals surface area contributed by atoms with Gasteiger partial charge < -0.3 is 14.7 Å². The Balaban J connectivity index is 2.60. The van der Waals surface area contributed by atoms with Crippen LogP contribution in [0.15, 0.2) is 18.2 Å². The van der Waals surface area contributed by atoms with Crippen LogP contribution in [0.1, 0.15) is 13.8 Å². The van der Waals surface area contributed by atoms with Gasteiger partial charge >= 0.3 is 5.97 Å². The molecular weight excluding hydrogens is 284 g/mol. The summed E-state index contributed by atoms with van der Waals surface area (Å²) >= 11 is 0. The second kappa shape index (κ2) is 7.56. The minimum absolute atomic E-state index is 0.0416. The highest BCUT2D eigenvalue weighted by Gasteiger charge is 2.20. The monoisotopic (exact) mass is 301 g/mol. The van der Waals surface area contributed by atoms with Crippen LogP contribution >= 0.6 is 0 Å². The standard InChI is InChI=1S/C14H17F2NO4/c1-3-17(7-9(2)14(19)20)13(18)8-21-12-5-4-10(15)6-11(12)16/h4-6,9H,3,7-8H2,1-2H3,(H,19,20). The van der Waals surface area contributed by atoms with Gasteiger partial charge in [-0.05, 0) is 19.1 Å². The number of carbonyl (C=O) groups excluding carboxylic acids is 1. The Kier molecular flexibility index (Phi) is 6.08. The molecule has 21 heavy (non-hydrogen) atoms. The molecule has 0 saturated heterocycles. The van der Waals surface area contributed by atoms with Crippen molar-refractivity contribution in [2.24, 2.45) is 5.92 Å². The normalized spacial score (nSPS) is 11.8. The van der Waals surface area contributed by atoms with Gasteiger partial charge in [-0.2, -0.15) is 0 Å². The van der Waals surface area contributed by atoms with Crippen LogP contribution in [-0.4, -0.2) is 41.6 Å². The van der Waals surface area contributed by atoms with Gasteiger partial charge in [0.1, 0.15) is 5.82 Å². The van der Waals surface area contributed by atoms with Crippen molar-refractivity contribution >= 4 is 11.9 Å². The van der Waals surface area contributed by atoms with Crippen molar-refractivity contribution in [3.63, 3.8) is 0 Å². The zero-order valence-electron chi connectivity index (χ0n) is 11.8. The lowest BCUT2D eigenvalue weighted by Gasteiger charge is -2.22. The molecule has 0 aromatic heterocycles. The van der Waals surface area contributed by atoms with Crippen molar-refractivity contribution in [3.8, 4) is 5.75 Å². The number of carbonyl (C=O) groups is 2. The van der Waals surface area contributed by atoms with Crippen LogP contribution in [-0.2, 0) is 9.59 Å². The van der Waals surface area contributed by atoms with Crippen molar-refractivity contribution < 1.29 is 28.2 Å². The van der Waals surface area contributed by atoms with Gasteiger partial charge in [0.2, 0.25) is 0 Å². The smallest absolute Gasteiger partial charge is 0.308 e. The molecule has 1 aromatic carbocycles. The molecule has 0 spiro atoms. The summed E-state index contributed by atoms with van der Waals surface area (Å²) in [5.41, 5.74) is 0. The van der Waals surface area contributed by atoms with E-state index >= 15 is 0 Å². The second-order valence-corrected chi connectivity index (χ2v) is 4.54. The number of aliphatic carboxylic acids is 1. The third-order valence-corrected chi connectivity index (χ3v) is 2.90. The molecule has 0 heterocycles. The topological polar surface area (TPSA) is 66.8 Å². The number of carboxylic acids is 1. The summed E-state index contributed by atoms with van der Waals surface area (Å²) in [6.45, 7) is 3.10. The first-order valence-corrected chi connectivity index (χ1v) is 6.43. The maximum Gasteiger partial charge on any atom is 0.308 e. The average Bonchev–Trinajstić information content (AvgIpc) is 2.43. The third-order valence-electron chi connectivity index (χ3n) is 2.90. The maximum absolute atomic E-state index is 13.3. The molecule has 1 atom stereocenters. The van der Waals surface area contributed by atoms with Crippen molar-refractivity contribution in [1.29, 1.82) is 0 Å². The highest BCUT2D eigenvalue weighted by atomic mass is 19.1. The van der Waals surface area contributed by atoms with Crippen LogP contribution in [0, 0.1) is 17.6 Å². The lowest BCUT2D eigenvalue weighted by Crippen LogP contribution is -2.39. The SMILES string of the molecule is CCN(CC(C)C(=O)O)C(=O)COc1ccc(F)cc1F. The van der Waals surface area contributed by atoms with E-state index in [0.29, 0.717) is 12.6 Å². The first-order chi connectivity index (χ1) is 9.85. The molecule has 1 rings (SSSR count). The highest BCUT2D eigenvalue weighted by molar-refractivity contribution is 5.78. The molecule has 1 aromatic rings. The number of likely N-dealkylation sites (N-methyl/N-ethyl adjacent to an activating group) is 1. The summed E-state index contributed by atoms with van der Waals surface area (Å²) in [4.78, 5) is 24.0. The van der Waals surface area contributed by atoms with Gasteiger partial charge in [-0.25, -0.2) is 8.78 Å². The molecule has 0 radical (unpaired) electrons. The quantitative estimate of drug-likeness (QED) is 0.835. The lowest BCUT2D eigenvalue weighted by atomic mass is 10.1. The van der Waals surface area contributed by atoms with Crippen LogP contribution < -0.4 is 4.74 Å². The van der Waals surface area contributed by atoms with Crippen LogP contribution in [0.4, 0.5) is 8.78 Å². The Hall–Kier alpha value is -2.18. The number of carboxylic acid groups (broad SMARTS) is 1. The highest BCUT2D eigenvalue weighted by Crippen LogP contribution is 2.17. The van der Waals surface area contributed by atoms with Crippen LogP contribution in [0.2, 0.25) is 0 Å². The third kappa shape index (κ3) is 5.02. The predicted octanol–water partition coefficient (Wildman–Crippen LogP) is 1.91. The molecule has 0 aliphatic heterocycles. The van der Waals surface area contributed by atoms with E-state index in [1.54, 1.807) is 6.92 Å². The van der Waals surface area contributed by atoms with E-state index in [-0.39, 0.29) is 12.3 Å². The van der Waals surface area contributed by atoms with E-state index in [9.17, 15) is 18.4 Å². The molecule has 116 valence electrons. The summed E-state index contributed by atoms with van der Waals surface area (Å²) in [7, 11) is 0. The number of hydrogen-bond acceptors (Lipinski definition) is 3. The first-order valence-electron chi connectivity index (χ1n) is 6.43. The van der Waals surface area contributed by atoms with Gasteiger partial charge in [-0.1, -0.05) is 6.92 Å². The van der Waals surface area contributed by atoms with Crippen molar-refractivity contribution in [1.82, 2.24) is 4.90 Å². The van der Waals surface area contributed by atoms with Crippen molar-refractivity contribution in [2.75, 3.05) is 19.7 Å². The number of nitrogens with zero attached hydrogens (tertiary/aromatic N) is 1. The molecule has 0 fully saturated rings. The van der Waals surface area contributed by atoms with E-state index in [1.807, 2.05) is 0 Å². The molecule has 1 N–H and O–H groups in total. The number of hydrogen-bond donors (Lipinski definition) is 1. The molecular formula is C14H17F2NO4. The summed E-state index contributed by atoms with van der Waals surface area (Å²) in [6, 6.07) is 2.77. The molecule has 5 nitrogen and oxygen atoms in total. The van der Waals surface area contributed by atoms with Gasteiger partial charge in [0, 0.05) is 19.2 Å². The molecule has 1 amide bonds. The molecule has 0 aliphatic carbocycles. The average molecular weight is 301 g/mol. The van der Waals surface area contributed by atoms with Crippen molar-refractivity contribution in [3.05, 3.63) is 29.8 Å². The lowest BCUT2D eigenvalue weighted by molar-refractivity contribution is -0.143. The zero-order chi connectivity index (χ0) is 16.0. The molecule has 0 saturated carbocycles. The number of ether oxygens (including phenoxy) is 1. The van der Waals surface area contributed by atoms with Crippen LogP contribution in [0.25, 0.3) is 0 Å². The van der Waals surface area contributed by atoms with Gasteiger partial charge in [-0.15, -0.1) is 0 Å². The minimum Gasteiger partial charge on any atom is -0.481 e. The minimum atomic E-state index is -1.01. The molecule has 0 aliphatic rings. The van der Waals surface area contributed by atoms with Crippen LogP contribution in [0.5, 0.6) is 5.75 Å². The Morgan fingerprint density at radius 3 is 2.57 bits per heavy atom. The van der Waals surface area contributed by atoms with E-state index in [0.717, 1.165) is 12.1 Å². The Morgan fingerprint density at radius 2 is 2.05 bits per heavy atom. The van der Waals surface area contributed by atoms with E-state index in [4.69, 9.17) is 9.84 Å². The van der Waals surface area contributed by atoms with Gasteiger partial charge in [0.15, 0.2) is 18.2 Å². The van der Waals surface area contributed by atoms with Crippen LogP contribution in [0.3, 0.4) is 0 Å². The summed E-state index contributed by atoms with van der Waals surface area (Å²) < 4.78 is 31.1. The number of rotatable bonds is 7. The first kappa shape index (κ1) is 16.9. The summed E-state index contributed by atoms with van der Waals surface area (Å²) in [5, 5.41) is 8.82. The summed E-state index contributed by atoms with van der Waals surface area (Å²) in [5.74, 6) is -4.05. The largest absolute Gasteiger partial charge is 0.481 e. The Bertz CT molecular complexity index is 522.